The average molecular weight is 371 g/mol. The van der Waals surface area contributed by atoms with Crippen molar-refractivity contribution in [3.8, 4) is 0 Å². The van der Waals surface area contributed by atoms with Crippen LogP contribution in [0.25, 0.3) is 0 Å². The van der Waals surface area contributed by atoms with E-state index < -0.39 is 5.41 Å². The lowest BCUT2D eigenvalue weighted by atomic mass is 9.77. The van der Waals surface area contributed by atoms with Crippen LogP contribution in [-0.4, -0.2) is 43.8 Å². The highest BCUT2D eigenvalue weighted by molar-refractivity contribution is 5.76. The van der Waals surface area contributed by atoms with E-state index in [9.17, 15) is 4.79 Å². The molecule has 0 aromatic carbocycles. The Kier molecular flexibility index (Phi) is 7.92. The number of carbonyl (C=O) groups excluding carboxylic acids is 1. The topological polar surface area (TPSA) is 57.3 Å². The highest BCUT2D eigenvalue weighted by Crippen LogP contribution is 2.39. The fourth-order valence-corrected chi connectivity index (χ4v) is 3.69. The quantitative estimate of drug-likeness (QED) is 0.305. The molecule has 1 aliphatic heterocycles. The van der Waals surface area contributed by atoms with Crippen LogP contribution in [0.5, 0.6) is 0 Å². The molecule has 0 bridgehead atoms. The molecule has 1 saturated carbocycles. The van der Waals surface area contributed by atoms with Crippen molar-refractivity contribution in [1.82, 2.24) is 0 Å². The van der Waals surface area contributed by atoms with E-state index in [1.165, 1.54) is 19.3 Å². The zero-order chi connectivity index (χ0) is 19.2. The van der Waals surface area contributed by atoms with Gasteiger partial charge in [0.05, 0.1) is 24.2 Å². The first kappa shape index (κ1) is 21.6. The zero-order valence-corrected chi connectivity index (χ0v) is 17.3. The SMILES string of the molecule is CCC1(OC2OC2COCCOC(=O)C(C)(CC)C(C)C)CCCCC1. The monoisotopic (exact) mass is 370 g/mol. The van der Waals surface area contributed by atoms with Crippen molar-refractivity contribution < 1.29 is 23.7 Å². The Balaban J connectivity index is 1.59. The van der Waals surface area contributed by atoms with Crippen LogP contribution < -0.4 is 0 Å². The largest absolute Gasteiger partial charge is 0.463 e. The summed E-state index contributed by atoms with van der Waals surface area (Å²) in [6.45, 7) is 11.5. The minimum absolute atomic E-state index is 0.00858. The van der Waals surface area contributed by atoms with E-state index in [1.54, 1.807) is 0 Å². The molecule has 3 unspecified atom stereocenters. The molecule has 2 rings (SSSR count). The molecule has 5 nitrogen and oxygen atoms in total. The Morgan fingerprint density at radius 3 is 2.46 bits per heavy atom. The predicted octanol–water partition coefficient (Wildman–Crippen LogP) is 4.47. The fourth-order valence-electron chi connectivity index (χ4n) is 3.69. The molecule has 0 N–H and O–H groups in total. The number of carbonyl (C=O) groups is 1. The molecule has 1 saturated heterocycles. The van der Waals surface area contributed by atoms with Gasteiger partial charge in [0.2, 0.25) is 0 Å². The van der Waals surface area contributed by atoms with Gasteiger partial charge in [-0.1, -0.05) is 47.0 Å². The van der Waals surface area contributed by atoms with Crippen LogP contribution in [0.3, 0.4) is 0 Å². The van der Waals surface area contributed by atoms with Crippen molar-refractivity contribution in [1.29, 1.82) is 0 Å². The summed E-state index contributed by atoms with van der Waals surface area (Å²) in [5.74, 6) is 0.119. The second kappa shape index (κ2) is 9.52. The van der Waals surface area contributed by atoms with E-state index in [0.29, 0.717) is 13.2 Å². The molecule has 5 heteroatoms. The van der Waals surface area contributed by atoms with Gasteiger partial charge >= 0.3 is 5.97 Å². The van der Waals surface area contributed by atoms with E-state index in [2.05, 4.69) is 20.8 Å². The van der Waals surface area contributed by atoms with Gasteiger partial charge in [-0.2, -0.15) is 0 Å². The lowest BCUT2D eigenvalue weighted by molar-refractivity contribution is -0.159. The third kappa shape index (κ3) is 5.43. The highest BCUT2D eigenvalue weighted by Gasteiger charge is 2.46. The predicted molar refractivity (Wildman–Crippen MR) is 101 cm³/mol. The Hall–Kier alpha value is -0.650. The molecule has 0 amide bonds. The normalized spacial score (nSPS) is 27.2. The van der Waals surface area contributed by atoms with Gasteiger partial charge in [0.1, 0.15) is 12.7 Å². The summed E-state index contributed by atoms with van der Waals surface area (Å²) in [4.78, 5) is 12.3. The summed E-state index contributed by atoms with van der Waals surface area (Å²) in [7, 11) is 0. The Labute approximate surface area is 159 Å². The minimum Gasteiger partial charge on any atom is -0.463 e. The molecule has 1 aliphatic carbocycles. The number of rotatable bonds is 11. The molecular formula is C21H38O5. The van der Waals surface area contributed by atoms with Gasteiger partial charge < -0.3 is 18.9 Å². The molecule has 0 aromatic heterocycles. The first-order valence-electron chi connectivity index (χ1n) is 10.4. The summed E-state index contributed by atoms with van der Waals surface area (Å²) in [6, 6.07) is 0. The summed E-state index contributed by atoms with van der Waals surface area (Å²) in [5, 5.41) is 0. The van der Waals surface area contributed by atoms with Crippen LogP contribution in [0.1, 0.15) is 79.6 Å². The van der Waals surface area contributed by atoms with Crippen LogP contribution >= 0.6 is 0 Å². The Bertz CT molecular complexity index is 444. The lowest BCUT2D eigenvalue weighted by Crippen LogP contribution is -2.36. The minimum atomic E-state index is -0.424. The maximum atomic E-state index is 12.3. The summed E-state index contributed by atoms with van der Waals surface area (Å²) in [5.41, 5.74) is -0.415. The smallest absolute Gasteiger partial charge is 0.312 e. The molecule has 0 radical (unpaired) electrons. The summed E-state index contributed by atoms with van der Waals surface area (Å²) >= 11 is 0. The first-order valence-corrected chi connectivity index (χ1v) is 10.4. The highest BCUT2D eigenvalue weighted by atomic mass is 16.8. The van der Waals surface area contributed by atoms with E-state index in [0.717, 1.165) is 25.7 Å². The van der Waals surface area contributed by atoms with Crippen LogP contribution in [-0.2, 0) is 23.7 Å². The van der Waals surface area contributed by atoms with Gasteiger partial charge in [-0.05, 0) is 38.5 Å². The van der Waals surface area contributed by atoms with Crippen molar-refractivity contribution >= 4 is 5.97 Å². The maximum Gasteiger partial charge on any atom is 0.312 e. The van der Waals surface area contributed by atoms with Crippen LogP contribution in [0.15, 0.2) is 0 Å². The second-order valence-electron chi connectivity index (χ2n) is 8.39. The summed E-state index contributed by atoms with van der Waals surface area (Å²) < 4.78 is 22.9. The van der Waals surface area contributed by atoms with Gasteiger partial charge in [-0.25, -0.2) is 0 Å². The van der Waals surface area contributed by atoms with E-state index in [1.807, 2.05) is 13.8 Å². The van der Waals surface area contributed by atoms with Gasteiger partial charge in [-0.15, -0.1) is 0 Å². The zero-order valence-electron chi connectivity index (χ0n) is 17.3. The molecule has 2 aliphatic rings. The molecule has 26 heavy (non-hydrogen) atoms. The third-order valence-corrected chi connectivity index (χ3v) is 6.53. The van der Waals surface area contributed by atoms with Gasteiger partial charge in [0.15, 0.2) is 6.29 Å². The maximum absolute atomic E-state index is 12.3. The van der Waals surface area contributed by atoms with Gasteiger partial charge in [0.25, 0.3) is 0 Å². The summed E-state index contributed by atoms with van der Waals surface area (Å²) in [6.07, 6.45) is 7.81. The Morgan fingerprint density at radius 1 is 1.19 bits per heavy atom. The van der Waals surface area contributed by atoms with Crippen molar-refractivity contribution in [2.24, 2.45) is 11.3 Å². The number of esters is 1. The van der Waals surface area contributed by atoms with Crippen LogP contribution in [0.4, 0.5) is 0 Å². The molecule has 0 aromatic rings. The fraction of sp³-hybridized carbons (Fsp3) is 0.952. The van der Waals surface area contributed by atoms with Crippen molar-refractivity contribution in [2.75, 3.05) is 19.8 Å². The van der Waals surface area contributed by atoms with E-state index >= 15 is 0 Å². The molecule has 2 fully saturated rings. The molecule has 0 spiro atoms. The van der Waals surface area contributed by atoms with Gasteiger partial charge in [0, 0.05) is 0 Å². The van der Waals surface area contributed by atoms with E-state index in [4.69, 9.17) is 18.9 Å². The molecular weight excluding hydrogens is 332 g/mol. The Morgan fingerprint density at radius 2 is 1.88 bits per heavy atom. The van der Waals surface area contributed by atoms with E-state index in [-0.39, 0.29) is 36.5 Å². The number of hydrogen-bond donors (Lipinski definition) is 0. The molecule has 152 valence electrons. The number of hydrogen-bond acceptors (Lipinski definition) is 5. The standard InChI is InChI=1S/C21H38O5/c1-6-20(5,16(3)4)19(22)24-14-13-23-15-17-18(25-17)26-21(7-2)11-9-8-10-12-21/h16-18H,6-15H2,1-5H3. The number of ether oxygens (including phenoxy) is 4. The van der Waals surface area contributed by atoms with Crippen LogP contribution in [0.2, 0.25) is 0 Å². The van der Waals surface area contributed by atoms with Gasteiger partial charge in [-0.3, -0.25) is 4.79 Å². The second-order valence-corrected chi connectivity index (χ2v) is 8.39. The van der Waals surface area contributed by atoms with Crippen LogP contribution in [0, 0.1) is 11.3 Å². The molecule has 3 atom stereocenters. The first-order chi connectivity index (χ1) is 12.4. The lowest BCUT2D eigenvalue weighted by Gasteiger charge is -2.35. The van der Waals surface area contributed by atoms with Crippen molar-refractivity contribution in [3.05, 3.63) is 0 Å². The molecule has 1 heterocycles. The number of epoxide rings is 1. The van der Waals surface area contributed by atoms with Crippen molar-refractivity contribution in [3.63, 3.8) is 0 Å². The third-order valence-electron chi connectivity index (χ3n) is 6.53. The van der Waals surface area contributed by atoms with Crippen molar-refractivity contribution in [2.45, 2.75) is 97.6 Å². The average Bonchev–Trinajstić information content (AvgIpc) is 3.38.